The van der Waals surface area contributed by atoms with Gasteiger partial charge in [0.05, 0.1) is 16.6 Å². The van der Waals surface area contributed by atoms with Gasteiger partial charge >= 0.3 is 0 Å². The maximum absolute atomic E-state index is 11.9. The number of halogens is 2. The van der Waals surface area contributed by atoms with Crippen LogP contribution < -0.4 is 11.1 Å². The Hall–Kier alpha value is -0.840. The molecule has 17 heavy (non-hydrogen) atoms. The van der Waals surface area contributed by atoms with Gasteiger partial charge in [-0.1, -0.05) is 39.7 Å². The number of anilines is 1. The molecule has 0 aromatic heterocycles. The van der Waals surface area contributed by atoms with Crippen molar-refractivity contribution < 1.29 is 4.79 Å². The quantitative estimate of drug-likeness (QED) is 0.824. The van der Waals surface area contributed by atoms with Gasteiger partial charge in [-0.15, -0.1) is 0 Å². The summed E-state index contributed by atoms with van der Waals surface area (Å²) in [5, 5.41) is 3.31. The van der Waals surface area contributed by atoms with Crippen molar-refractivity contribution in [1.29, 1.82) is 0 Å². The lowest BCUT2D eigenvalue weighted by molar-refractivity contribution is -0.118. The fraction of sp³-hybridized carbons (Fsp3) is 0.250. The number of amides is 1. The standard InChI is InChI=1S/C12H12BrClN2O/c13-8-2-4-11(10(14)6-8)16-12(17)7-1-3-9(15)5-7/h1-4,6-7,9H,5,15H2,(H,16,17). The van der Waals surface area contributed by atoms with Crippen molar-refractivity contribution in [3.63, 3.8) is 0 Å². The predicted molar refractivity (Wildman–Crippen MR) is 73.0 cm³/mol. The van der Waals surface area contributed by atoms with Crippen LogP contribution in [0, 0.1) is 5.92 Å². The average Bonchev–Trinajstić information content (AvgIpc) is 2.69. The minimum Gasteiger partial charge on any atom is -0.324 e. The van der Waals surface area contributed by atoms with E-state index >= 15 is 0 Å². The summed E-state index contributed by atoms with van der Waals surface area (Å²) in [4.78, 5) is 11.9. The summed E-state index contributed by atoms with van der Waals surface area (Å²) in [6.07, 6.45) is 4.35. The van der Waals surface area contributed by atoms with E-state index in [1.54, 1.807) is 12.1 Å². The number of nitrogens with two attached hydrogens (primary N) is 1. The van der Waals surface area contributed by atoms with Gasteiger partial charge in [0.1, 0.15) is 0 Å². The Morgan fingerprint density at radius 2 is 2.24 bits per heavy atom. The molecule has 0 saturated carbocycles. The van der Waals surface area contributed by atoms with Crippen LogP contribution in [0.25, 0.3) is 0 Å². The fourth-order valence-electron chi connectivity index (χ4n) is 1.74. The van der Waals surface area contributed by atoms with Crippen molar-refractivity contribution in [2.75, 3.05) is 5.32 Å². The lowest BCUT2D eigenvalue weighted by Crippen LogP contribution is -2.24. The van der Waals surface area contributed by atoms with Gasteiger partial charge in [-0.3, -0.25) is 4.79 Å². The molecule has 0 heterocycles. The van der Waals surface area contributed by atoms with E-state index < -0.39 is 0 Å². The molecule has 0 spiro atoms. The number of benzene rings is 1. The Bertz CT molecular complexity index is 476. The zero-order valence-electron chi connectivity index (χ0n) is 8.99. The second-order valence-corrected chi connectivity index (χ2v) is 5.33. The van der Waals surface area contributed by atoms with E-state index in [-0.39, 0.29) is 17.9 Å². The van der Waals surface area contributed by atoms with Crippen molar-refractivity contribution in [2.24, 2.45) is 11.7 Å². The molecule has 90 valence electrons. The Morgan fingerprint density at radius 1 is 1.47 bits per heavy atom. The van der Waals surface area contributed by atoms with Gasteiger partial charge < -0.3 is 11.1 Å². The van der Waals surface area contributed by atoms with Crippen LogP contribution >= 0.6 is 27.5 Å². The summed E-state index contributed by atoms with van der Waals surface area (Å²) >= 11 is 9.33. The van der Waals surface area contributed by atoms with Crippen LogP contribution in [0.5, 0.6) is 0 Å². The first-order chi connectivity index (χ1) is 8.06. The Labute approximate surface area is 113 Å². The first kappa shape index (κ1) is 12.6. The number of rotatable bonds is 2. The largest absolute Gasteiger partial charge is 0.324 e. The molecular weight excluding hydrogens is 304 g/mol. The highest BCUT2D eigenvalue weighted by atomic mass is 79.9. The van der Waals surface area contributed by atoms with Gasteiger partial charge in [0.2, 0.25) is 5.91 Å². The van der Waals surface area contributed by atoms with Gasteiger partial charge in [-0.2, -0.15) is 0 Å². The van der Waals surface area contributed by atoms with Gasteiger partial charge in [-0.05, 0) is 24.6 Å². The maximum atomic E-state index is 11.9. The molecular formula is C12H12BrClN2O. The highest BCUT2D eigenvalue weighted by Crippen LogP contribution is 2.27. The molecule has 0 saturated heterocycles. The molecule has 2 rings (SSSR count). The molecule has 1 aliphatic carbocycles. The van der Waals surface area contributed by atoms with Crippen LogP contribution in [0.3, 0.4) is 0 Å². The van der Waals surface area contributed by atoms with Gasteiger partial charge in [0, 0.05) is 10.5 Å². The van der Waals surface area contributed by atoms with Crippen molar-refractivity contribution >= 4 is 39.1 Å². The molecule has 0 aliphatic heterocycles. The Balaban J connectivity index is 2.06. The first-order valence-corrected chi connectivity index (χ1v) is 6.43. The van der Waals surface area contributed by atoms with E-state index in [1.165, 1.54) is 0 Å². The highest BCUT2D eigenvalue weighted by Gasteiger charge is 2.23. The Morgan fingerprint density at radius 3 is 2.82 bits per heavy atom. The molecule has 0 bridgehead atoms. The molecule has 2 unspecified atom stereocenters. The summed E-state index contributed by atoms with van der Waals surface area (Å²) < 4.78 is 0.878. The average molecular weight is 316 g/mol. The molecule has 1 aromatic carbocycles. The summed E-state index contributed by atoms with van der Waals surface area (Å²) in [6, 6.07) is 5.32. The van der Waals surface area contributed by atoms with Crippen molar-refractivity contribution in [3.8, 4) is 0 Å². The summed E-state index contributed by atoms with van der Waals surface area (Å²) in [6.45, 7) is 0. The number of carbonyl (C=O) groups excluding carboxylic acids is 1. The van der Waals surface area contributed by atoms with E-state index in [2.05, 4.69) is 21.2 Å². The zero-order chi connectivity index (χ0) is 12.4. The summed E-state index contributed by atoms with van der Waals surface area (Å²) in [5.74, 6) is -0.233. The zero-order valence-corrected chi connectivity index (χ0v) is 11.3. The fourth-order valence-corrected chi connectivity index (χ4v) is 2.46. The minimum absolute atomic E-state index is 0.0221. The lowest BCUT2D eigenvalue weighted by atomic mass is 10.1. The van der Waals surface area contributed by atoms with Gasteiger partial charge in [0.15, 0.2) is 0 Å². The Kier molecular flexibility index (Phi) is 3.86. The first-order valence-electron chi connectivity index (χ1n) is 5.26. The smallest absolute Gasteiger partial charge is 0.231 e. The van der Waals surface area contributed by atoms with Crippen LogP contribution in [0.1, 0.15) is 6.42 Å². The van der Waals surface area contributed by atoms with Crippen LogP contribution in [0.15, 0.2) is 34.8 Å². The monoisotopic (exact) mass is 314 g/mol. The summed E-state index contributed by atoms with van der Waals surface area (Å²) in [7, 11) is 0. The van der Waals surface area contributed by atoms with Crippen LogP contribution in [0.4, 0.5) is 5.69 Å². The minimum atomic E-state index is -0.162. The molecule has 0 fully saturated rings. The van der Waals surface area contributed by atoms with Crippen molar-refractivity contribution in [1.82, 2.24) is 0 Å². The van der Waals surface area contributed by atoms with Gasteiger partial charge in [-0.25, -0.2) is 0 Å². The van der Waals surface area contributed by atoms with Crippen LogP contribution in [-0.4, -0.2) is 11.9 Å². The maximum Gasteiger partial charge on any atom is 0.231 e. The number of carbonyl (C=O) groups is 1. The number of nitrogens with one attached hydrogen (secondary N) is 1. The van der Waals surface area contributed by atoms with Crippen LogP contribution in [-0.2, 0) is 4.79 Å². The normalized spacial score (nSPS) is 22.8. The molecule has 0 radical (unpaired) electrons. The number of hydrogen-bond donors (Lipinski definition) is 2. The third-order valence-electron chi connectivity index (χ3n) is 2.64. The number of hydrogen-bond acceptors (Lipinski definition) is 2. The topological polar surface area (TPSA) is 55.1 Å². The molecule has 5 heteroatoms. The third kappa shape index (κ3) is 3.09. The van der Waals surface area contributed by atoms with Crippen molar-refractivity contribution in [2.45, 2.75) is 12.5 Å². The van der Waals surface area contributed by atoms with Crippen LogP contribution in [0.2, 0.25) is 5.02 Å². The summed E-state index contributed by atoms with van der Waals surface area (Å²) in [5.41, 5.74) is 6.33. The molecule has 1 aliphatic rings. The molecule has 3 N–H and O–H groups in total. The SMILES string of the molecule is NC1C=CC(C(=O)Nc2ccc(Br)cc2Cl)C1. The third-order valence-corrected chi connectivity index (χ3v) is 3.45. The molecule has 1 aromatic rings. The van der Waals surface area contributed by atoms with E-state index in [0.29, 0.717) is 17.1 Å². The van der Waals surface area contributed by atoms with E-state index in [0.717, 1.165) is 4.47 Å². The van der Waals surface area contributed by atoms with Gasteiger partial charge in [0.25, 0.3) is 0 Å². The molecule has 1 amide bonds. The molecule has 3 nitrogen and oxygen atoms in total. The lowest BCUT2D eigenvalue weighted by Gasteiger charge is -2.11. The second-order valence-electron chi connectivity index (χ2n) is 4.00. The second kappa shape index (κ2) is 5.21. The highest BCUT2D eigenvalue weighted by molar-refractivity contribution is 9.10. The van der Waals surface area contributed by atoms with E-state index in [1.807, 2.05) is 18.2 Å². The van der Waals surface area contributed by atoms with E-state index in [4.69, 9.17) is 17.3 Å². The van der Waals surface area contributed by atoms with E-state index in [9.17, 15) is 4.79 Å². The molecule has 2 atom stereocenters. The predicted octanol–water partition coefficient (Wildman–Crippen LogP) is 2.94. The van der Waals surface area contributed by atoms with Crippen molar-refractivity contribution in [3.05, 3.63) is 39.8 Å².